The molecule has 0 radical (unpaired) electrons. The van der Waals surface area contributed by atoms with E-state index in [0.717, 1.165) is 17.1 Å². The Morgan fingerprint density at radius 2 is 2.33 bits per heavy atom. The predicted molar refractivity (Wildman–Crippen MR) is 80.5 cm³/mol. The molecule has 1 atom stereocenters. The van der Waals surface area contributed by atoms with Crippen molar-refractivity contribution in [2.24, 2.45) is 5.41 Å². The number of aliphatic carboxylic acids is 1. The van der Waals surface area contributed by atoms with Crippen molar-refractivity contribution >= 4 is 23.3 Å². The molecule has 1 aliphatic heterocycles. The molecule has 1 aliphatic rings. The minimum absolute atomic E-state index is 0.185. The quantitative estimate of drug-likeness (QED) is 0.889. The lowest BCUT2D eigenvalue weighted by molar-refractivity contribution is -0.150. The average molecular weight is 311 g/mol. The Kier molecular flexibility index (Phi) is 4.82. The van der Waals surface area contributed by atoms with Gasteiger partial charge in [-0.1, -0.05) is 0 Å². The van der Waals surface area contributed by atoms with Crippen molar-refractivity contribution in [3.05, 3.63) is 16.1 Å². The van der Waals surface area contributed by atoms with E-state index in [0.29, 0.717) is 25.9 Å². The van der Waals surface area contributed by atoms with Crippen LogP contribution in [0.4, 0.5) is 4.79 Å². The van der Waals surface area contributed by atoms with Crippen LogP contribution in [0.15, 0.2) is 5.38 Å². The molecule has 1 fully saturated rings. The summed E-state index contributed by atoms with van der Waals surface area (Å²) < 4.78 is 0. The monoisotopic (exact) mass is 311 g/mol. The molecule has 6 nitrogen and oxygen atoms in total. The maximum absolute atomic E-state index is 12.1. The molecule has 0 aromatic carbocycles. The largest absolute Gasteiger partial charge is 0.481 e. The second-order valence-electron chi connectivity index (χ2n) is 5.76. The Labute approximate surface area is 128 Å². The number of carboxylic acids is 1. The molecule has 0 spiro atoms. The Bertz CT molecular complexity index is 531. The number of amides is 2. The Morgan fingerprint density at radius 3 is 2.95 bits per heavy atom. The van der Waals surface area contributed by atoms with Gasteiger partial charge in [-0.2, -0.15) is 0 Å². The van der Waals surface area contributed by atoms with Gasteiger partial charge in [0.15, 0.2) is 0 Å². The van der Waals surface area contributed by atoms with Gasteiger partial charge in [0.05, 0.1) is 10.4 Å². The standard InChI is InChI=1S/C14H21N3O3S/c1-10-8-21-11(16-10)4-6-15-13(20)17-7-3-5-14(2,9-17)12(18)19/h8H,3-7,9H2,1-2H3,(H,15,20)(H,18,19). The van der Waals surface area contributed by atoms with Crippen LogP contribution in [-0.4, -0.2) is 46.6 Å². The summed E-state index contributed by atoms with van der Waals surface area (Å²) in [6, 6.07) is -0.185. The zero-order valence-electron chi connectivity index (χ0n) is 12.4. The fourth-order valence-electron chi connectivity index (χ4n) is 2.49. The third-order valence-corrected chi connectivity index (χ3v) is 4.81. The van der Waals surface area contributed by atoms with E-state index in [-0.39, 0.29) is 12.6 Å². The minimum Gasteiger partial charge on any atom is -0.481 e. The molecule has 0 saturated carbocycles. The first kappa shape index (κ1) is 15.8. The highest BCUT2D eigenvalue weighted by Gasteiger charge is 2.39. The number of nitrogens with zero attached hydrogens (tertiary/aromatic N) is 2. The smallest absolute Gasteiger partial charge is 0.317 e. The van der Waals surface area contributed by atoms with Crippen LogP contribution in [0.5, 0.6) is 0 Å². The molecule has 1 aromatic rings. The molecular weight excluding hydrogens is 290 g/mol. The normalized spacial score (nSPS) is 22.1. The molecule has 0 bridgehead atoms. The summed E-state index contributed by atoms with van der Waals surface area (Å²) in [4.78, 5) is 29.3. The number of piperidine rings is 1. The van der Waals surface area contributed by atoms with Gasteiger partial charge in [0.25, 0.3) is 0 Å². The first-order chi connectivity index (χ1) is 9.90. The van der Waals surface area contributed by atoms with Crippen LogP contribution < -0.4 is 5.32 Å². The average Bonchev–Trinajstić information content (AvgIpc) is 2.84. The van der Waals surface area contributed by atoms with E-state index in [2.05, 4.69) is 10.3 Å². The highest BCUT2D eigenvalue weighted by atomic mass is 32.1. The SMILES string of the molecule is Cc1csc(CCNC(=O)N2CCCC(C)(C(=O)O)C2)n1. The zero-order chi connectivity index (χ0) is 15.5. The number of hydrogen-bond acceptors (Lipinski definition) is 4. The maximum Gasteiger partial charge on any atom is 0.317 e. The second-order valence-corrected chi connectivity index (χ2v) is 6.70. The number of hydrogen-bond donors (Lipinski definition) is 2. The summed E-state index contributed by atoms with van der Waals surface area (Å²) in [7, 11) is 0. The number of carbonyl (C=O) groups excluding carboxylic acids is 1. The Balaban J connectivity index is 1.81. The fourth-order valence-corrected chi connectivity index (χ4v) is 3.27. The molecule has 21 heavy (non-hydrogen) atoms. The van der Waals surface area contributed by atoms with Crippen LogP contribution in [0.1, 0.15) is 30.5 Å². The maximum atomic E-state index is 12.1. The Hall–Kier alpha value is -1.63. The van der Waals surface area contributed by atoms with E-state index in [4.69, 9.17) is 0 Å². The number of carboxylic acid groups (broad SMARTS) is 1. The van der Waals surface area contributed by atoms with Crippen molar-refractivity contribution in [2.45, 2.75) is 33.1 Å². The molecule has 0 aliphatic carbocycles. The third-order valence-electron chi connectivity index (χ3n) is 3.78. The summed E-state index contributed by atoms with van der Waals surface area (Å²) in [6.07, 6.45) is 2.04. The third kappa shape index (κ3) is 3.93. The lowest BCUT2D eigenvalue weighted by atomic mass is 9.82. The molecule has 2 rings (SSSR count). The number of aromatic nitrogens is 1. The van der Waals surface area contributed by atoms with Crippen molar-refractivity contribution in [3.8, 4) is 0 Å². The van der Waals surface area contributed by atoms with Crippen molar-refractivity contribution in [3.63, 3.8) is 0 Å². The summed E-state index contributed by atoms with van der Waals surface area (Å²) in [5, 5.41) is 15.1. The summed E-state index contributed by atoms with van der Waals surface area (Å²) in [6.45, 7) is 5.05. The van der Waals surface area contributed by atoms with Crippen molar-refractivity contribution in [1.29, 1.82) is 0 Å². The van der Waals surface area contributed by atoms with Gasteiger partial charge in [-0.15, -0.1) is 11.3 Å². The first-order valence-corrected chi connectivity index (χ1v) is 7.96. The molecule has 7 heteroatoms. The van der Waals surface area contributed by atoms with Gasteiger partial charge >= 0.3 is 12.0 Å². The minimum atomic E-state index is -0.835. The van der Waals surface area contributed by atoms with Gasteiger partial charge in [0.2, 0.25) is 0 Å². The van der Waals surface area contributed by atoms with Gasteiger partial charge in [-0.25, -0.2) is 9.78 Å². The second kappa shape index (κ2) is 6.43. The van der Waals surface area contributed by atoms with E-state index in [1.807, 2.05) is 12.3 Å². The van der Waals surface area contributed by atoms with Crippen molar-refractivity contribution in [2.75, 3.05) is 19.6 Å². The van der Waals surface area contributed by atoms with Gasteiger partial charge in [0, 0.05) is 37.1 Å². The van der Waals surface area contributed by atoms with E-state index in [9.17, 15) is 14.7 Å². The predicted octanol–water partition coefficient (Wildman–Crippen LogP) is 1.89. The first-order valence-electron chi connectivity index (χ1n) is 7.08. The summed E-state index contributed by atoms with van der Waals surface area (Å²) in [5.74, 6) is -0.835. The van der Waals surface area contributed by atoms with E-state index >= 15 is 0 Å². The number of likely N-dealkylation sites (tertiary alicyclic amines) is 1. The van der Waals surface area contributed by atoms with Crippen LogP contribution in [0.2, 0.25) is 0 Å². The van der Waals surface area contributed by atoms with Crippen LogP contribution in [0.3, 0.4) is 0 Å². The summed E-state index contributed by atoms with van der Waals surface area (Å²) in [5.41, 5.74) is 0.164. The van der Waals surface area contributed by atoms with Crippen LogP contribution in [-0.2, 0) is 11.2 Å². The zero-order valence-corrected chi connectivity index (χ0v) is 13.2. The van der Waals surface area contributed by atoms with E-state index < -0.39 is 11.4 Å². The highest BCUT2D eigenvalue weighted by Crippen LogP contribution is 2.29. The molecule has 1 unspecified atom stereocenters. The fraction of sp³-hybridized carbons (Fsp3) is 0.643. The number of rotatable bonds is 4. The number of thiazole rings is 1. The van der Waals surface area contributed by atoms with Crippen LogP contribution in [0, 0.1) is 12.3 Å². The molecule has 116 valence electrons. The van der Waals surface area contributed by atoms with Crippen LogP contribution in [0.25, 0.3) is 0 Å². The topological polar surface area (TPSA) is 82.5 Å². The molecule has 2 N–H and O–H groups in total. The lowest BCUT2D eigenvalue weighted by Gasteiger charge is -2.37. The summed E-state index contributed by atoms with van der Waals surface area (Å²) >= 11 is 1.59. The van der Waals surface area contributed by atoms with Gasteiger partial charge in [-0.05, 0) is 26.7 Å². The number of aryl methyl sites for hydroxylation is 1. The van der Waals surface area contributed by atoms with Crippen molar-refractivity contribution in [1.82, 2.24) is 15.2 Å². The number of carbonyl (C=O) groups is 2. The van der Waals surface area contributed by atoms with E-state index in [1.165, 1.54) is 0 Å². The van der Waals surface area contributed by atoms with Gasteiger partial charge in [-0.3, -0.25) is 4.79 Å². The van der Waals surface area contributed by atoms with E-state index in [1.54, 1.807) is 23.2 Å². The molecule has 1 saturated heterocycles. The number of urea groups is 1. The van der Waals surface area contributed by atoms with Gasteiger partial charge < -0.3 is 15.3 Å². The lowest BCUT2D eigenvalue weighted by Crippen LogP contribution is -2.51. The highest BCUT2D eigenvalue weighted by molar-refractivity contribution is 7.09. The van der Waals surface area contributed by atoms with Gasteiger partial charge in [0.1, 0.15) is 0 Å². The molecule has 2 heterocycles. The van der Waals surface area contributed by atoms with Crippen LogP contribution >= 0.6 is 11.3 Å². The molecular formula is C14H21N3O3S. The molecule has 1 aromatic heterocycles. The van der Waals surface area contributed by atoms with Crippen molar-refractivity contribution < 1.29 is 14.7 Å². The Morgan fingerprint density at radius 1 is 1.57 bits per heavy atom. The molecule has 2 amide bonds. The number of nitrogens with one attached hydrogen (secondary N) is 1.